The molecule has 0 bridgehead atoms. The first-order chi connectivity index (χ1) is 14.2. The van der Waals surface area contributed by atoms with Crippen molar-refractivity contribution in [1.82, 2.24) is 4.90 Å². The molecule has 3 rings (SSSR count). The molecule has 0 aromatic heterocycles. The third kappa shape index (κ3) is 5.85. The second kappa shape index (κ2) is 10.3. The van der Waals surface area contributed by atoms with Crippen molar-refractivity contribution in [1.29, 1.82) is 0 Å². The van der Waals surface area contributed by atoms with Gasteiger partial charge in [-0.3, -0.25) is 4.79 Å². The van der Waals surface area contributed by atoms with Crippen molar-refractivity contribution < 1.29 is 19.1 Å². The van der Waals surface area contributed by atoms with Crippen molar-refractivity contribution in [3.05, 3.63) is 66.2 Å². The molecule has 0 radical (unpaired) electrons. The van der Waals surface area contributed by atoms with Crippen molar-refractivity contribution in [2.45, 2.75) is 6.92 Å². The summed E-state index contributed by atoms with van der Waals surface area (Å²) in [6, 6.07) is 17.6. The molecule has 6 nitrogen and oxygen atoms in total. The maximum absolute atomic E-state index is 12.3. The fourth-order valence-electron chi connectivity index (χ4n) is 3.19. The van der Waals surface area contributed by atoms with Crippen LogP contribution in [0.4, 0.5) is 5.69 Å². The number of hydrogen-bond acceptors (Lipinski definition) is 5. The average Bonchev–Trinajstić information content (AvgIpc) is 2.78. The lowest BCUT2D eigenvalue weighted by Gasteiger charge is -2.36. The number of benzene rings is 2. The van der Waals surface area contributed by atoms with Gasteiger partial charge in [-0.15, -0.1) is 0 Å². The van der Waals surface area contributed by atoms with Gasteiger partial charge in [-0.25, -0.2) is 4.79 Å². The van der Waals surface area contributed by atoms with E-state index in [0.717, 1.165) is 24.3 Å². The zero-order valence-electron chi connectivity index (χ0n) is 16.6. The van der Waals surface area contributed by atoms with Crippen molar-refractivity contribution in [2.24, 2.45) is 0 Å². The summed E-state index contributed by atoms with van der Waals surface area (Å²) in [6.45, 7) is 4.95. The Morgan fingerprint density at radius 1 is 0.966 bits per heavy atom. The van der Waals surface area contributed by atoms with Gasteiger partial charge < -0.3 is 19.3 Å². The van der Waals surface area contributed by atoms with E-state index in [1.54, 1.807) is 11.0 Å². The predicted octanol–water partition coefficient (Wildman–Crippen LogP) is 2.99. The molecule has 0 aliphatic carbocycles. The third-order valence-corrected chi connectivity index (χ3v) is 4.71. The Morgan fingerprint density at radius 2 is 1.66 bits per heavy atom. The Bertz CT molecular complexity index is 843. The normalized spacial score (nSPS) is 14.1. The molecule has 0 unspecified atom stereocenters. The molecule has 1 amide bonds. The number of carbonyl (C=O) groups excluding carboxylic acids is 2. The molecule has 1 fully saturated rings. The second-order valence-electron chi connectivity index (χ2n) is 6.62. The summed E-state index contributed by atoms with van der Waals surface area (Å²) >= 11 is 0. The van der Waals surface area contributed by atoms with Crippen molar-refractivity contribution >= 4 is 23.6 Å². The van der Waals surface area contributed by atoms with E-state index in [4.69, 9.17) is 9.47 Å². The molecule has 1 aliphatic heterocycles. The second-order valence-corrected chi connectivity index (χ2v) is 6.62. The highest BCUT2D eigenvalue weighted by Gasteiger charge is 2.21. The summed E-state index contributed by atoms with van der Waals surface area (Å²) in [5, 5.41) is 0. The topological polar surface area (TPSA) is 59.1 Å². The quantitative estimate of drug-likeness (QED) is 0.534. The molecule has 0 atom stereocenters. The van der Waals surface area contributed by atoms with Gasteiger partial charge in [0.15, 0.2) is 6.61 Å². The lowest BCUT2D eigenvalue weighted by atomic mass is 10.2. The van der Waals surface area contributed by atoms with Gasteiger partial charge >= 0.3 is 5.97 Å². The highest BCUT2D eigenvalue weighted by Crippen LogP contribution is 2.19. The van der Waals surface area contributed by atoms with Crippen molar-refractivity contribution in [3.8, 4) is 5.75 Å². The number of para-hydroxylation sites is 2. The summed E-state index contributed by atoms with van der Waals surface area (Å²) in [5.41, 5.74) is 1.94. The summed E-state index contributed by atoms with van der Waals surface area (Å²) < 4.78 is 10.6. The summed E-state index contributed by atoms with van der Waals surface area (Å²) in [4.78, 5) is 28.3. The number of amides is 1. The first kappa shape index (κ1) is 20.5. The first-order valence-electron chi connectivity index (χ1n) is 9.82. The molecule has 2 aromatic carbocycles. The number of esters is 1. The van der Waals surface area contributed by atoms with Gasteiger partial charge in [0.05, 0.1) is 6.61 Å². The van der Waals surface area contributed by atoms with E-state index >= 15 is 0 Å². The number of piperazine rings is 1. The maximum Gasteiger partial charge on any atom is 0.331 e. The number of carbonyl (C=O) groups is 2. The average molecular weight is 394 g/mol. The number of ether oxygens (including phenoxy) is 2. The van der Waals surface area contributed by atoms with Crippen molar-refractivity contribution in [3.63, 3.8) is 0 Å². The van der Waals surface area contributed by atoms with Crippen LogP contribution in [0, 0.1) is 0 Å². The molecule has 1 saturated heterocycles. The van der Waals surface area contributed by atoms with E-state index < -0.39 is 5.97 Å². The van der Waals surface area contributed by atoms with Gasteiger partial charge in [-0.1, -0.05) is 36.4 Å². The van der Waals surface area contributed by atoms with Crippen LogP contribution in [0.5, 0.6) is 5.75 Å². The van der Waals surface area contributed by atoms with E-state index in [-0.39, 0.29) is 12.5 Å². The van der Waals surface area contributed by atoms with E-state index in [0.29, 0.717) is 25.4 Å². The fraction of sp³-hybridized carbons (Fsp3) is 0.304. The highest BCUT2D eigenvalue weighted by atomic mass is 16.5. The molecule has 2 aromatic rings. The third-order valence-electron chi connectivity index (χ3n) is 4.71. The van der Waals surface area contributed by atoms with E-state index in [9.17, 15) is 9.59 Å². The lowest BCUT2D eigenvalue weighted by Crippen LogP contribution is -2.49. The zero-order chi connectivity index (χ0) is 20.5. The van der Waals surface area contributed by atoms with Crippen molar-refractivity contribution in [2.75, 3.05) is 44.3 Å². The summed E-state index contributed by atoms with van der Waals surface area (Å²) in [5.74, 6) is -0.0202. The molecular formula is C23H26N2O4. The number of nitrogens with zero attached hydrogens (tertiary/aromatic N) is 2. The fourth-order valence-corrected chi connectivity index (χ4v) is 3.19. The zero-order valence-corrected chi connectivity index (χ0v) is 16.6. The Morgan fingerprint density at radius 3 is 2.38 bits per heavy atom. The summed E-state index contributed by atoms with van der Waals surface area (Å²) in [6.07, 6.45) is 2.95. The summed E-state index contributed by atoms with van der Waals surface area (Å²) in [7, 11) is 0. The van der Waals surface area contributed by atoms with E-state index in [1.165, 1.54) is 6.08 Å². The Balaban J connectivity index is 1.44. The van der Waals surface area contributed by atoms with Crippen LogP contribution in [0.2, 0.25) is 0 Å². The largest absolute Gasteiger partial charge is 0.493 e. The van der Waals surface area contributed by atoms with Crippen LogP contribution < -0.4 is 9.64 Å². The smallest absolute Gasteiger partial charge is 0.331 e. The molecule has 152 valence electrons. The van der Waals surface area contributed by atoms with Gasteiger partial charge in [0.25, 0.3) is 5.91 Å². The molecule has 0 saturated carbocycles. The molecular weight excluding hydrogens is 368 g/mol. The number of anilines is 1. The first-order valence-corrected chi connectivity index (χ1v) is 9.82. The van der Waals surface area contributed by atoms with Crippen LogP contribution in [0.25, 0.3) is 6.08 Å². The highest BCUT2D eigenvalue weighted by molar-refractivity contribution is 5.89. The Labute approximate surface area is 171 Å². The maximum atomic E-state index is 12.3. The SMILES string of the molecule is CCOc1ccccc1/C=C/C(=O)OCC(=O)N1CCN(c2ccccc2)CC1. The van der Waals surface area contributed by atoms with Crippen LogP contribution in [-0.4, -0.2) is 56.2 Å². The van der Waals surface area contributed by atoms with Crippen LogP contribution in [0.15, 0.2) is 60.7 Å². The Kier molecular flexibility index (Phi) is 7.28. The van der Waals surface area contributed by atoms with E-state index in [1.807, 2.05) is 49.4 Å². The van der Waals surface area contributed by atoms with Crippen LogP contribution in [-0.2, 0) is 14.3 Å². The number of hydrogen-bond donors (Lipinski definition) is 0. The lowest BCUT2D eigenvalue weighted by molar-refractivity contribution is -0.148. The van der Waals surface area contributed by atoms with Gasteiger partial charge in [0.1, 0.15) is 5.75 Å². The monoisotopic (exact) mass is 394 g/mol. The molecule has 0 N–H and O–H groups in total. The van der Waals surface area contributed by atoms with Gasteiger partial charge in [0, 0.05) is 43.5 Å². The van der Waals surface area contributed by atoms with Crippen LogP contribution in [0.1, 0.15) is 12.5 Å². The van der Waals surface area contributed by atoms with Gasteiger partial charge in [0.2, 0.25) is 0 Å². The standard InChI is InChI=1S/C23H26N2O4/c1-2-28-21-11-7-6-8-19(21)12-13-23(27)29-18-22(26)25-16-14-24(15-17-25)20-9-4-3-5-10-20/h3-13H,2,14-18H2,1H3/b13-12+. The van der Waals surface area contributed by atoms with E-state index in [2.05, 4.69) is 17.0 Å². The minimum Gasteiger partial charge on any atom is -0.493 e. The molecule has 6 heteroatoms. The predicted molar refractivity (Wildman–Crippen MR) is 113 cm³/mol. The minimum absolute atomic E-state index is 0.172. The minimum atomic E-state index is -0.549. The van der Waals surface area contributed by atoms with Gasteiger partial charge in [-0.2, -0.15) is 0 Å². The Hall–Kier alpha value is -3.28. The number of rotatable bonds is 7. The molecule has 1 aliphatic rings. The van der Waals surface area contributed by atoms with Gasteiger partial charge in [-0.05, 0) is 31.2 Å². The molecule has 1 heterocycles. The molecule has 29 heavy (non-hydrogen) atoms. The molecule has 0 spiro atoms. The van der Waals surface area contributed by atoms with Crippen LogP contribution in [0.3, 0.4) is 0 Å². The van der Waals surface area contributed by atoms with Crippen LogP contribution >= 0.6 is 0 Å².